The molecule has 20 heavy (non-hydrogen) atoms. The number of carbonyl (C=O) groups excluding carboxylic acids is 1. The van der Waals surface area contributed by atoms with Crippen LogP contribution in [0.1, 0.15) is 5.56 Å². The van der Waals surface area contributed by atoms with Crippen molar-refractivity contribution in [1.29, 1.82) is 0 Å². The van der Waals surface area contributed by atoms with E-state index in [4.69, 9.17) is 21.1 Å². The number of fused-ring (bicyclic) bond motifs is 1. The van der Waals surface area contributed by atoms with Gasteiger partial charge in [0.1, 0.15) is 19.0 Å². The molecule has 7 heteroatoms. The van der Waals surface area contributed by atoms with Crippen LogP contribution in [0.2, 0.25) is 5.02 Å². The van der Waals surface area contributed by atoms with Crippen LogP contribution in [0.3, 0.4) is 0 Å². The molecule has 0 unspecified atom stereocenters. The van der Waals surface area contributed by atoms with Gasteiger partial charge in [-0.3, -0.25) is 9.89 Å². The van der Waals surface area contributed by atoms with Gasteiger partial charge in [0.15, 0.2) is 11.5 Å². The summed E-state index contributed by atoms with van der Waals surface area (Å²) in [4.78, 5) is 11.9. The maximum Gasteiger partial charge on any atom is 0.229 e. The molecule has 2 heterocycles. The minimum absolute atomic E-state index is 0.165. The Morgan fingerprint density at radius 1 is 1.40 bits per heavy atom. The molecule has 0 fully saturated rings. The van der Waals surface area contributed by atoms with Crippen LogP contribution in [0.25, 0.3) is 0 Å². The number of halogens is 1. The molecular weight excluding hydrogens is 282 g/mol. The average Bonchev–Trinajstić information content (AvgIpc) is 2.91. The van der Waals surface area contributed by atoms with Crippen LogP contribution >= 0.6 is 11.6 Å². The first-order valence-electron chi connectivity index (χ1n) is 6.09. The SMILES string of the molecule is O=C(Cc1cc(Cl)c2c(c1)OCCO2)Nc1ccn[nH]1. The third kappa shape index (κ3) is 2.70. The maximum absolute atomic E-state index is 11.9. The molecule has 2 N–H and O–H groups in total. The monoisotopic (exact) mass is 293 g/mol. The molecule has 1 aromatic carbocycles. The molecule has 1 amide bonds. The quantitative estimate of drug-likeness (QED) is 0.908. The number of anilines is 1. The van der Waals surface area contributed by atoms with E-state index in [1.165, 1.54) is 0 Å². The number of aromatic nitrogens is 2. The topological polar surface area (TPSA) is 76.2 Å². The van der Waals surface area contributed by atoms with Crippen molar-refractivity contribution in [2.24, 2.45) is 0 Å². The number of benzene rings is 1. The fourth-order valence-corrected chi connectivity index (χ4v) is 2.26. The number of H-pyrrole nitrogens is 1. The van der Waals surface area contributed by atoms with E-state index in [0.29, 0.717) is 35.6 Å². The standard InChI is InChI=1S/C13H12ClN3O3/c14-9-5-8(6-10-13(9)20-4-3-19-10)7-12(18)16-11-1-2-15-17-11/h1-2,5-6H,3-4,7H2,(H2,15,16,17,18). The molecule has 0 saturated carbocycles. The lowest BCUT2D eigenvalue weighted by Crippen LogP contribution is -2.17. The zero-order valence-electron chi connectivity index (χ0n) is 10.5. The van der Waals surface area contributed by atoms with Gasteiger partial charge in [0, 0.05) is 6.07 Å². The third-order valence-corrected chi connectivity index (χ3v) is 3.08. The second-order valence-corrected chi connectivity index (χ2v) is 4.70. The molecule has 2 aromatic rings. The minimum atomic E-state index is -0.165. The van der Waals surface area contributed by atoms with Crippen LogP contribution in [0, 0.1) is 0 Å². The van der Waals surface area contributed by atoms with Crippen LogP contribution in [-0.4, -0.2) is 29.3 Å². The fraction of sp³-hybridized carbons (Fsp3) is 0.231. The van der Waals surface area contributed by atoms with Gasteiger partial charge >= 0.3 is 0 Å². The zero-order chi connectivity index (χ0) is 13.9. The van der Waals surface area contributed by atoms with E-state index in [1.807, 2.05) is 0 Å². The highest BCUT2D eigenvalue weighted by molar-refractivity contribution is 6.32. The van der Waals surface area contributed by atoms with Crippen LogP contribution in [0.15, 0.2) is 24.4 Å². The van der Waals surface area contributed by atoms with Crippen molar-refractivity contribution in [3.8, 4) is 11.5 Å². The molecule has 0 saturated heterocycles. The number of hydrogen-bond donors (Lipinski definition) is 2. The first kappa shape index (κ1) is 12.8. The number of carbonyl (C=O) groups is 1. The summed E-state index contributed by atoms with van der Waals surface area (Å²) >= 11 is 6.12. The van der Waals surface area contributed by atoms with Crippen LogP contribution in [0.4, 0.5) is 5.82 Å². The maximum atomic E-state index is 11.9. The lowest BCUT2D eigenvalue weighted by Gasteiger charge is -2.20. The van der Waals surface area contributed by atoms with Crippen LogP contribution in [0.5, 0.6) is 11.5 Å². The molecule has 0 aliphatic carbocycles. The smallest absolute Gasteiger partial charge is 0.229 e. The third-order valence-electron chi connectivity index (χ3n) is 2.80. The van der Waals surface area contributed by atoms with Crippen molar-refractivity contribution in [1.82, 2.24) is 10.2 Å². The molecule has 0 atom stereocenters. The average molecular weight is 294 g/mol. The van der Waals surface area contributed by atoms with Gasteiger partial charge in [-0.25, -0.2) is 0 Å². The van der Waals surface area contributed by atoms with Crippen molar-refractivity contribution < 1.29 is 14.3 Å². The fourth-order valence-electron chi connectivity index (χ4n) is 1.97. The normalized spacial score (nSPS) is 13.1. The van der Waals surface area contributed by atoms with Crippen molar-refractivity contribution in [2.75, 3.05) is 18.5 Å². The lowest BCUT2D eigenvalue weighted by molar-refractivity contribution is -0.115. The number of ether oxygens (including phenoxy) is 2. The van der Waals surface area contributed by atoms with Crippen molar-refractivity contribution in [2.45, 2.75) is 6.42 Å². The number of aromatic amines is 1. The minimum Gasteiger partial charge on any atom is -0.486 e. The first-order chi connectivity index (χ1) is 9.72. The van der Waals surface area contributed by atoms with Gasteiger partial charge in [-0.2, -0.15) is 5.10 Å². The van der Waals surface area contributed by atoms with Gasteiger partial charge in [-0.05, 0) is 17.7 Å². The van der Waals surface area contributed by atoms with Gasteiger partial charge in [0.2, 0.25) is 5.91 Å². The van der Waals surface area contributed by atoms with Gasteiger partial charge in [0.05, 0.1) is 17.6 Å². The van der Waals surface area contributed by atoms with Crippen LogP contribution in [-0.2, 0) is 11.2 Å². The molecule has 1 aliphatic heterocycles. The van der Waals surface area contributed by atoms with Crippen LogP contribution < -0.4 is 14.8 Å². The number of amides is 1. The van der Waals surface area contributed by atoms with Gasteiger partial charge in [0.25, 0.3) is 0 Å². The molecule has 0 radical (unpaired) electrons. The summed E-state index contributed by atoms with van der Waals surface area (Å²) in [5, 5.41) is 9.57. The molecule has 1 aromatic heterocycles. The Morgan fingerprint density at radius 2 is 2.25 bits per heavy atom. The molecule has 104 valence electrons. The molecule has 3 rings (SSSR count). The largest absolute Gasteiger partial charge is 0.486 e. The Balaban J connectivity index is 1.74. The van der Waals surface area contributed by atoms with Gasteiger partial charge in [-0.15, -0.1) is 0 Å². The summed E-state index contributed by atoms with van der Waals surface area (Å²) in [6, 6.07) is 5.16. The summed E-state index contributed by atoms with van der Waals surface area (Å²) in [6.07, 6.45) is 1.76. The van der Waals surface area contributed by atoms with Crippen molar-refractivity contribution in [3.63, 3.8) is 0 Å². The highest BCUT2D eigenvalue weighted by Gasteiger charge is 2.17. The Morgan fingerprint density at radius 3 is 3.05 bits per heavy atom. The predicted molar refractivity (Wildman–Crippen MR) is 73.4 cm³/mol. The van der Waals surface area contributed by atoms with E-state index in [9.17, 15) is 4.79 Å². The highest BCUT2D eigenvalue weighted by Crippen LogP contribution is 2.38. The van der Waals surface area contributed by atoms with Gasteiger partial charge in [-0.1, -0.05) is 11.6 Å². The van der Waals surface area contributed by atoms with E-state index in [2.05, 4.69) is 15.5 Å². The molecule has 0 spiro atoms. The number of nitrogens with zero attached hydrogens (tertiary/aromatic N) is 1. The Kier molecular flexibility index (Phi) is 3.47. The Labute approximate surface area is 120 Å². The lowest BCUT2D eigenvalue weighted by atomic mass is 10.1. The zero-order valence-corrected chi connectivity index (χ0v) is 11.2. The summed E-state index contributed by atoms with van der Waals surface area (Å²) in [6.45, 7) is 0.958. The summed E-state index contributed by atoms with van der Waals surface area (Å²) in [5.41, 5.74) is 0.760. The molecule has 1 aliphatic rings. The molecular formula is C13H12ClN3O3. The number of hydrogen-bond acceptors (Lipinski definition) is 4. The molecule has 6 nitrogen and oxygen atoms in total. The number of nitrogens with one attached hydrogen (secondary N) is 2. The van der Waals surface area contributed by atoms with Gasteiger partial charge < -0.3 is 14.8 Å². The second-order valence-electron chi connectivity index (χ2n) is 4.30. The van der Waals surface area contributed by atoms with E-state index >= 15 is 0 Å². The summed E-state index contributed by atoms with van der Waals surface area (Å²) < 4.78 is 10.9. The van der Waals surface area contributed by atoms with E-state index in [-0.39, 0.29) is 12.3 Å². The molecule has 0 bridgehead atoms. The first-order valence-corrected chi connectivity index (χ1v) is 6.47. The van der Waals surface area contributed by atoms with E-state index in [0.717, 1.165) is 5.56 Å². The summed E-state index contributed by atoms with van der Waals surface area (Å²) in [7, 11) is 0. The van der Waals surface area contributed by atoms with E-state index < -0.39 is 0 Å². The highest BCUT2D eigenvalue weighted by atomic mass is 35.5. The Hall–Kier alpha value is -2.21. The second kappa shape index (κ2) is 5.42. The van der Waals surface area contributed by atoms with E-state index in [1.54, 1.807) is 24.4 Å². The Bertz CT molecular complexity index is 628. The predicted octanol–water partition coefficient (Wildman–Crippen LogP) is 2.02. The number of rotatable bonds is 3. The van der Waals surface area contributed by atoms with Crippen molar-refractivity contribution >= 4 is 23.3 Å². The summed E-state index contributed by atoms with van der Waals surface area (Å²) in [5.74, 6) is 1.50. The van der Waals surface area contributed by atoms with Crippen molar-refractivity contribution in [3.05, 3.63) is 35.0 Å².